The minimum Gasteiger partial charge on any atom is -0.480 e. The predicted molar refractivity (Wildman–Crippen MR) is 88.3 cm³/mol. The first kappa shape index (κ1) is 18.6. The summed E-state index contributed by atoms with van der Waals surface area (Å²) in [5.74, 6) is -0.408. The molecule has 0 bridgehead atoms. The first-order valence-electron chi connectivity index (χ1n) is 8.00. The van der Waals surface area contributed by atoms with E-state index in [0.717, 1.165) is 0 Å². The van der Waals surface area contributed by atoms with Crippen molar-refractivity contribution < 1.29 is 24.3 Å². The molecule has 0 aromatic rings. The molecule has 8 nitrogen and oxygen atoms in total. The van der Waals surface area contributed by atoms with Crippen LogP contribution in [0.15, 0.2) is 0 Å². The molecular formula is C15H23N3O5S. The molecule has 134 valence electrons. The van der Waals surface area contributed by atoms with Crippen molar-refractivity contribution in [2.45, 2.75) is 32.2 Å². The van der Waals surface area contributed by atoms with Gasteiger partial charge in [-0.1, -0.05) is 0 Å². The highest BCUT2D eigenvalue weighted by atomic mass is 32.2. The largest absolute Gasteiger partial charge is 0.480 e. The SMILES string of the molecule is CC(=O)N(CC(=O)O)C1CCCN(C(=O)CN2CSCC2=O)CC1. The number of rotatable bonds is 5. The lowest BCUT2D eigenvalue weighted by Gasteiger charge is -2.29. The van der Waals surface area contributed by atoms with E-state index >= 15 is 0 Å². The van der Waals surface area contributed by atoms with Crippen LogP contribution in [0.2, 0.25) is 0 Å². The number of hydrogen-bond donors (Lipinski definition) is 1. The maximum atomic E-state index is 12.4. The number of likely N-dealkylation sites (tertiary alicyclic amines) is 1. The normalized spacial score (nSPS) is 21.5. The number of nitrogens with zero attached hydrogens (tertiary/aromatic N) is 3. The van der Waals surface area contributed by atoms with E-state index in [4.69, 9.17) is 5.11 Å². The Hall–Kier alpha value is -1.77. The minimum atomic E-state index is -1.03. The number of carboxylic acids is 1. The number of carbonyl (C=O) groups is 4. The van der Waals surface area contributed by atoms with Crippen LogP contribution in [0.4, 0.5) is 0 Å². The molecule has 1 N–H and O–H groups in total. The molecule has 2 aliphatic rings. The zero-order chi connectivity index (χ0) is 17.7. The first-order chi connectivity index (χ1) is 11.4. The summed E-state index contributed by atoms with van der Waals surface area (Å²) >= 11 is 1.50. The van der Waals surface area contributed by atoms with Gasteiger partial charge in [0.15, 0.2) is 0 Å². The third kappa shape index (κ3) is 4.86. The molecule has 2 aliphatic heterocycles. The summed E-state index contributed by atoms with van der Waals surface area (Å²) in [7, 11) is 0. The summed E-state index contributed by atoms with van der Waals surface area (Å²) in [5.41, 5.74) is 0. The number of hydrogen-bond acceptors (Lipinski definition) is 5. The van der Waals surface area contributed by atoms with Crippen molar-refractivity contribution in [2.75, 3.05) is 37.8 Å². The first-order valence-corrected chi connectivity index (χ1v) is 9.16. The second kappa shape index (κ2) is 8.36. The fourth-order valence-corrected chi connectivity index (χ4v) is 3.99. The molecule has 0 radical (unpaired) electrons. The zero-order valence-electron chi connectivity index (χ0n) is 13.8. The van der Waals surface area contributed by atoms with E-state index in [1.807, 2.05) is 0 Å². The van der Waals surface area contributed by atoms with Gasteiger partial charge in [0, 0.05) is 26.1 Å². The summed E-state index contributed by atoms with van der Waals surface area (Å²) < 4.78 is 0. The van der Waals surface area contributed by atoms with E-state index < -0.39 is 5.97 Å². The van der Waals surface area contributed by atoms with Crippen molar-refractivity contribution in [1.29, 1.82) is 0 Å². The van der Waals surface area contributed by atoms with Crippen molar-refractivity contribution in [3.63, 3.8) is 0 Å². The van der Waals surface area contributed by atoms with E-state index in [-0.39, 0.29) is 36.9 Å². The van der Waals surface area contributed by atoms with Gasteiger partial charge in [-0.15, -0.1) is 11.8 Å². The molecular weight excluding hydrogens is 334 g/mol. The van der Waals surface area contributed by atoms with Gasteiger partial charge in [-0.05, 0) is 19.3 Å². The molecule has 0 aromatic carbocycles. The zero-order valence-corrected chi connectivity index (χ0v) is 14.6. The monoisotopic (exact) mass is 357 g/mol. The van der Waals surface area contributed by atoms with Crippen molar-refractivity contribution in [1.82, 2.24) is 14.7 Å². The Labute approximate surface area is 145 Å². The van der Waals surface area contributed by atoms with Crippen molar-refractivity contribution >= 4 is 35.5 Å². The van der Waals surface area contributed by atoms with E-state index in [0.29, 0.717) is 44.0 Å². The van der Waals surface area contributed by atoms with Gasteiger partial charge in [0.05, 0.1) is 11.6 Å². The molecule has 24 heavy (non-hydrogen) atoms. The van der Waals surface area contributed by atoms with E-state index in [1.54, 1.807) is 9.80 Å². The van der Waals surface area contributed by atoms with Crippen LogP contribution in [0, 0.1) is 0 Å². The fraction of sp³-hybridized carbons (Fsp3) is 0.733. The molecule has 1 atom stereocenters. The molecule has 1 unspecified atom stereocenters. The average molecular weight is 357 g/mol. The lowest BCUT2D eigenvalue weighted by Crippen LogP contribution is -2.44. The van der Waals surface area contributed by atoms with Gasteiger partial charge in [-0.2, -0.15) is 0 Å². The van der Waals surface area contributed by atoms with Crippen molar-refractivity contribution in [3.8, 4) is 0 Å². The summed E-state index contributed by atoms with van der Waals surface area (Å²) in [6.07, 6.45) is 1.94. The van der Waals surface area contributed by atoms with Crippen LogP contribution in [-0.2, 0) is 19.2 Å². The van der Waals surface area contributed by atoms with Gasteiger partial charge in [-0.25, -0.2) is 0 Å². The number of aliphatic carboxylic acids is 1. The second-order valence-electron chi connectivity index (χ2n) is 6.08. The lowest BCUT2D eigenvalue weighted by molar-refractivity contribution is -0.145. The summed E-state index contributed by atoms with van der Waals surface area (Å²) in [6.45, 7) is 2.20. The Bertz CT molecular complexity index is 527. The molecule has 9 heteroatoms. The third-order valence-electron chi connectivity index (χ3n) is 4.35. The van der Waals surface area contributed by atoms with Crippen LogP contribution < -0.4 is 0 Å². The van der Waals surface area contributed by atoms with Crippen molar-refractivity contribution in [3.05, 3.63) is 0 Å². The molecule has 0 aliphatic carbocycles. The van der Waals surface area contributed by atoms with E-state index in [2.05, 4.69) is 0 Å². The highest BCUT2D eigenvalue weighted by Gasteiger charge is 2.29. The predicted octanol–water partition coefficient (Wildman–Crippen LogP) is -0.166. The maximum absolute atomic E-state index is 12.4. The molecule has 0 aromatic heterocycles. The topological polar surface area (TPSA) is 98.2 Å². The lowest BCUT2D eigenvalue weighted by atomic mass is 10.1. The van der Waals surface area contributed by atoms with Gasteiger partial charge >= 0.3 is 5.97 Å². The van der Waals surface area contributed by atoms with Gasteiger partial charge in [-0.3, -0.25) is 19.2 Å². The van der Waals surface area contributed by atoms with Gasteiger partial charge in [0.2, 0.25) is 17.7 Å². The van der Waals surface area contributed by atoms with Crippen molar-refractivity contribution in [2.24, 2.45) is 0 Å². The van der Waals surface area contributed by atoms with Gasteiger partial charge < -0.3 is 19.8 Å². The molecule has 3 amide bonds. The fourth-order valence-electron chi connectivity index (χ4n) is 3.09. The standard InChI is InChI=1S/C15H23N3O5S/c1-11(19)18(8-15(22)23)12-3-2-5-16(6-4-12)13(20)7-17-10-24-9-14(17)21/h12H,2-10H2,1H3,(H,22,23). The van der Waals surface area contributed by atoms with Crippen LogP contribution in [0.25, 0.3) is 0 Å². The van der Waals surface area contributed by atoms with Crippen LogP contribution in [-0.4, -0.2) is 87.3 Å². The van der Waals surface area contributed by atoms with E-state index in [1.165, 1.54) is 23.6 Å². The number of thioether (sulfide) groups is 1. The highest BCUT2D eigenvalue weighted by Crippen LogP contribution is 2.19. The Morgan fingerprint density at radius 1 is 1.29 bits per heavy atom. The molecule has 2 saturated heterocycles. The Balaban J connectivity index is 1.91. The molecule has 0 spiro atoms. The maximum Gasteiger partial charge on any atom is 0.323 e. The van der Waals surface area contributed by atoms with Crippen LogP contribution >= 0.6 is 11.8 Å². The molecule has 2 fully saturated rings. The molecule has 2 rings (SSSR count). The van der Waals surface area contributed by atoms with Crippen LogP contribution in [0.5, 0.6) is 0 Å². The summed E-state index contributed by atoms with van der Waals surface area (Å²) in [5, 5.41) is 8.96. The van der Waals surface area contributed by atoms with Gasteiger partial charge in [0.25, 0.3) is 0 Å². The molecule has 2 heterocycles. The van der Waals surface area contributed by atoms with Gasteiger partial charge in [0.1, 0.15) is 13.1 Å². The summed E-state index contributed by atoms with van der Waals surface area (Å²) in [4.78, 5) is 51.3. The number of carboxylic acid groups (broad SMARTS) is 1. The quantitative estimate of drug-likeness (QED) is 0.734. The van der Waals surface area contributed by atoms with Crippen LogP contribution in [0.1, 0.15) is 26.2 Å². The summed E-state index contributed by atoms with van der Waals surface area (Å²) in [6, 6.07) is -0.166. The minimum absolute atomic E-state index is 0.00902. The second-order valence-corrected chi connectivity index (χ2v) is 7.03. The third-order valence-corrected chi connectivity index (χ3v) is 5.30. The molecule has 0 saturated carbocycles. The average Bonchev–Trinajstić information content (AvgIpc) is 2.77. The highest BCUT2D eigenvalue weighted by molar-refractivity contribution is 8.00. The van der Waals surface area contributed by atoms with Crippen LogP contribution in [0.3, 0.4) is 0 Å². The number of amides is 3. The Kier molecular flexibility index (Phi) is 6.47. The Morgan fingerprint density at radius 3 is 2.62 bits per heavy atom. The van der Waals surface area contributed by atoms with E-state index in [9.17, 15) is 19.2 Å². The number of carbonyl (C=O) groups excluding carboxylic acids is 3. The smallest absolute Gasteiger partial charge is 0.323 e. The Morgan fingerprint density at radius 2 is 2.04 bits per heavy atom.